The first-order valence-electron chi connectivity index (χ1n) is 9.65. The predicted molar refractivity (Wildman–Crippen MR) is 108 cm³/mol. The maximum atomic E-state index is 12.7. The largest absolute Gasteiger partial charge is 0.378 e. The molecule has 0 radical (unpaired) electrons. The number of nitrogens with zero attached hydrogens (tertiary/aromatic N) is 2. The van der Waals surface area contributed by atoms with Gasteiger partial charge >= 0.3 is 6.03 Å². The predicted octanol–water partition coefficient (Wildman–Crippen LogP) is 3.14. The van der Waals surface area contributed by atoms with Crippen LogP contribution in [-0.2, 0) is 4.74 Å². The summed E-state index contributed by atoms with van der Waals surface area (Å²) < 4.78 is 5.30. The number of hydrogen-bond acceptors (Lipinski definition) is 4. The third-order valence-electron chi connectivity index (χ3n) is 4.56. The van der Waals surface area contributed by atoms with Crippen LogP contribution in [0.2, 0.25) is 0 Å². The number of carbonyl (C=O) groups is 2. The first kappa shape index (κ1) is 19.8. The quantitative estimate of drug-likeness (QED) is 0.752. The van der Waals surface area contributed by atoms with Crippen LogP contribution < -0.4 is 10.6 Å². The van der Waals surface area contributed by atoms with Crippen molar-refractivity contribution in [2.75, 3.05) is 38.2 Å². The Kier molecular flexibility index (Phi) is 6.97. The number of amides is 3. The highest BCUT2D eigenvalue weighted by Gasteiger charge is 2.19. The van der Waals surface area contributed by atoms with Crippen molar-refractivity contribution in [1.82, 2.24) is 15.2 Å². The smallest absolute Gasteiger partial charge is 0.319 e. The highest BCUT2D eigenvalue weighted by Crippen LogP contribution is 2.21. The molecule has 2 heterocycles. The molecule has 3 amide bonds. The van der Waals surface area contributed by atoms with Gasteiger partial charge in [0.15, 0.2) is 0 Å². The molecule has 1 aromatic heterocycles. The first-order valence-corrected chi connectivity index (χ1v) is 9.65. The number of benzene rings is 1. The van der Waals surface area contributed by atoms with Crippen LogP contribution in [0.25, 0.3) is 11.3 Å². The van der Waals surface area contributed by atoms with Gasteiger partial charge in [-0.05, 0) is 30.7 Å². The monoisotopic (exact) mass is 382 g/mol. The average Bonchev–Trinajstić information content (AvgIpc) is 2.75. The normalized spacial score (nSPS) is 13.8. The highest BCUT2D eigenvalue weighted by atomic mass is 16.5. The van der Waals surface area contributed by atoms with E-state index < -0.39 is 0 Å². The average molecular weight is 382 g/mol. The lowest BCUT2D eigenvalue weighted by Crippen LogP contribution is -2.40. The van der Waals surface area contributed by atoms with Crippen molar-refractivity contribution in [3.8, 4) is 11.3 Å². The van der Waals surface area contributed by atoms with Crippen LogP contribution in [-0.4, -0.2) is 54.7 Å². The third kappa shape index (κ3) is 5.29. The van der Waals surface area contributed by atoms with E-state index in [1.807, 2.05) is 24.3 Å². The lowest BCUT2D eigenvalue weighted by molar-refractivity contribution is 0.0303. The van der Waals surface area contributed by atoms with E-state index in [9.17, 15) is 9.59 Å². The van der Waals surface area contributed by atoms with Gasteiger partial charge in [-0.1, -0.05) is 25.5 Å². The van der Waals surface area contributed by atoms with Gasteiger partial charge in [0.25, 0.3) is 5.91 Å². The Morgan fingerprint density at radius 1 is 1.14 bits per heavy atom. The number of pyridine rings is 1. The van der Waals surface area contributed by atoms with Crippen molar-refractivity contribution >= 4 is 17.6 Å². The van der Waals surface area contributed by atoms with Crippen LogP contribution in [0.15, 0.2) is 42.6 Å². The maximum absolute atomic E-state index is 12.7. The van der Waals surface area contributed by atoms with E-state index in [2.05, 4.69) is 22.5 Å². The van der Waals surface area contributed by atoms with E-state index in [0.717, 1.165) is 24.1 Å². The number of carbonyl (C=O) groups excluding carboxylic acids is 2. The second-order valence-electron chi connectivity index (χ2n) is 6.65. The molecule has 1 aliphatic heterocycles. The summed E-state index contributed by atoms with van der Waals surface area (Å²) in [6.07, 6.45) is 3.64. The molecule has 0 aliphatic carbocycles. The van der Waals surface area contributed by atoms with Crippen molar-refractivity contribution < 1.29 is 14.3 Å². The van der Waals surface area contributed by atoms with Crippen LogP contribution in [0, 0.1) is 0 Å². The number of anilines is 1. The topological polar surface area (TPSA) is 83.6 Å². The highest BCUT2D eigenvalue weighted by molar-refractivity contribution is 5.95. The zero-order valence-corrected chi connectivity index (χ0v) is 16.1. The minimum Gasteiger partial charge on any atom is -0.378 e. The summed E-state index contributed by atoms with van der Waals surface area (Å²) in [5.74, 6) is -0.00557. The van der Waals surface area contributed by atoms with E-state index in [1.165, 1.54) is 0 Å². The fraction of sp³-hybridized carbons (Fsp3) is 0.381. The van der Waals surface area contributed by atoms with Crippen LogP contribution >= 0.6 is 0 Å². The van der Waals surface area contributed by atoms with Crippen molar-refractivity contribution in [3.05, 3.63) is 48.2 Å². The molecular formula is C21H26N4O3. The number of rotatable bonds is 6. The van der Waals surface area contributed by atoms with Crippen molar-refractivity contribution in [3.63, 3.8) is 0 Å². The van der Waals surface area contributed by atoms with Gasteiger partial charge in [0.1, 0.15) is 0 Å². The molecule has 7 nitrogen and oxygen atoms in total. The van der Waals surface area contributed by atoms with Crippen LogP contribution in [0.4, 0.5) is 10.5 Å². The Morgan fingerprint density at radius 3 is 2.61 bits per heavy atom. The molecule has 0 saturated carbocycles. The Morgan fingerprint density at radius 2 is 1.89 bits per heavy atom. The Balaban J connectivity index is 1.65. The van der Waals surface area contributed by atoms with E-state index in [4.69, 9.17) is 4.74 Å². The summed E-state index contributed by atoms with van der Waals surface area (Å²) in [6.45, 7) is 5.10. The maximum Gasteiger partial charge on any atom is 0.319 e. The molecule has 0 atom stereocenters. The van der Waals surface area contributed by atoms with Gasteiger partial charge in [0.2, 0.25) is 0 Å². The fourth-order valence-corrected chi connectivity index (χ4v) is 2.95. The van der Waals surface area contributed by atoms with Gasteiger partial charge in [0, 0.05) is 42.6 Å². The van der Waals surface area contributed by atoms with Gasteiger partial charge in [-0.15, -0.1) is 0 Å². The molecule has 148 valence electrons. The summed E-state index contributed by atoms with van der Waals surface area (Å²) in [6, 6.07) is 10.7. The van der Waals surface area contributed by atoms with Crippen molar-refractivity contribution in [1.29, 1.82) is 0 Å². The number of morpholine rings is 1. The molecule has 0 spiro atoms. The Labute approximate surface area is 165 Å². The van der Waals surface area contributed by atoms with Crippen LogP contribution in [0.1, 0.15) is 30.1 Å². The molecule has 0 bridgehead atoms. The lowest BCUT2D eigenvalue weighted by atomic mass is 10.1. The van der Waals surface area contributed by atoms with Crippen LogP contribution in [0.5, 0.6) is 0 Å². The van der Waals surface area contributed by atoms with Gasteiger partial charge in [-0.25, -0.2) is 4.79 Å². The number of nitrogens with one attached hydrogen (secondary N) is 2. The summed E-state index contributed by atoms with van der Waals surface area (Å²) >= 11 is 0. The first-order chi connectivity index (χ1) is 13.7. The number of unbranched alkanes of at least 4 members (excludes halogenated alkanes) is 1. The second kappa shape index (κ2) is 9.85. The summed E-state index contributed by atoms with van der Waals surface area (Å²) in [7, 11) is 0. The summed E-state index contributed by atoms with van der Waals surface area (Å²) in [5, 5.41) is 5.63. The van der Waals surface area contributed by atoms with E-state index in [-0.39, 0.29) is 11.9 Å². The minimum absolute atomic E-state index is 0.00557. The van der Waals surface area contributed by atoms with E-state index in [0.29, 0.717) is 44.1 Å². The van der Waals surface area contributed by atoms with Crippen molar-refractivity contribution in [2.24, 2.45) is 0 Å². The standard InChI is InChI=1S/C21H26N4O3/c1-2-3-9-23-21(27)24-18-6-4-16(5-7-18)19-15-17(8-10-22-19)20(26)25-11-13-28-14-12-25/h4-8,10,15H,2-3,9,11-14H2,1H3,(H2,23,24,27). The van der Waals surface area contributed by atoms with Gasteiger partial charge in [0.05, 0.1) is 18.9 Å². The van der Waals surface area contributed by atoms with Gasteiger partial charge < -0.3 is 20.3 Å². The molecule has 1 fully saturated rings. The number of aromatic nitrogens is 1. The third-order valence-corrected chi connectivity index (χ3v) is 4.56. The molecule has 3 rings (SSSR count). The molecule has 28 heavy (non-hydrogen) atoms. The van der Waals surface area contributed by atoms with Crippen LogP contribution in [0.3, 0.4) is 0 Å². The molecule has 7 heteroatoms. The zero-order valence-electron chi connectivity index (χ0n) is 16.1. The molecule has 1 aromatic carbocycles. The van der Waals surface area contributed by atoms with E-state index >= 15 is 0 Å². The SMILES string of the molecule is CCCCNC(=O)Nc1ccc(-c2cc(C(=O)N3CCOCC3)ccn2)cc1. The van der Waals surface area contributed by atoms with E-state index in [1.54, 1.807) is 23.2 Å². The second-order valence-corrected chi connectivity index (χ2v) is 6.65. The van der Waals surface area contributed by atoms with Gasteiger partial charge in [-0.2, -0.15) is 0 Å². The minimum atomic E-state index is -0.211. The Bertz CT molecular complexity index is 802. The molecular weight excluding hydrogens is 356 g/mol. The molecule has 2 aromatic rings. The summed E-state index contributed by atoms with van der Waals surface area (Å²) in [4.78, 5) is 30.7. The lowest BCUT2D eigenvalue weighted by Gasteiger charge is -2.26. The zero-order chi connectivity index (χ0) is 19.8. The number of hydrogen-bond donors (Lipinski definition) is 2. The number of urea groups is 1. The molecule has 1 saturated heterocycles. The van der Waals surface area contributed by atoms with Gasteiger partial charge in [-0.3, -0.25) is 9.78 Å². The summed E-state index contributed by atoms with van der Waals surface area (Å²) in [5.41, 5.74) is 2.93. The fourth-order valence-electron chi connectivity index (χ4n) is 2.95. The molecule has 1 aliphatic rings. The number of ether oxygens (including phenoxy) is 1. The Hall–Kier alpha value is -2.93. The van der Waals surface area contributed by atoms with Crippen molar-refractivity contribution in [2.45, 2.75) is 19.8 Å². The molecule has 2 N–H and O–H groups in total. The molecule has 0 unspecified atom stereocenters.